The fourth-order valence-corrected chi connectivity index (χ4v) is 6.21. The van der Waals surface area contributed by atoms with Crippen LogP contribution >= 0.6 is 12.2 Å². The SMILES string of the molecule is CC(C)(C)N=C1C(N2CCCCC2)C2(CCCCC2)C(=S)N1c1cccc(C(F)(F)F)c1. The fraction of sp³-hybridized carbons (Fsp3) is 0.680. The minimum Gasteiger partial charge on any atom is -0.293 e. The monoisotopic (exact) mass is 465 g/mol. The Morgan fingerprint density at radius 3 is 2.19 bits per heavy atom. The van der Waals surface area contributed by atoms with Crippen LogP contribution in [-0.2, 0) is 6.18 Å². The molecule has 3 nitrogen and oxygen atoms in total. The van der Waals surface area contributed by atoms with Gasteiger partial charge in [0.1, 0.15) is 5.84 Å². The minimum absolute atomic E-state index is 0.0318. The van der Waals surface area contributed by atoms with Gasteiger partial charge in [-0.3, -0.25) is 14.8 Å². The van der Waals surface area contributed by atoms with Crippen molar-refractivity contribution in [3.05, 3.63) is 29.8 Å². The minimum atomic E-state index is -4.40. The van der Waals surface area contributed by atoms with E-state index in [-0.39, 0.29) is 17.0 Å². The maximum Gasteiger partial charge on any atom is 0.416 e. The molecule has 4 rings (SSSR count). The Kier molecular flexibility index (Phi) is 6.45. The van der Waals surface area contributed by atoms with Crippen molar-refractivity contribution in [2.24, 2.45) is 10.4 Å². The van der Waals surface area contributed by atoms with Crippen molar-refractivity contribution < 1.29 is 13.2 Å². The van der Waals surface area contributed by atoms with E-state index in [1.807, 2.05) is 25.7 Å². The maximum absolute atomic E-state index is 13.5. The van der Waals surface area contributed by atoms with E-state index in [1.54, 1.807) is 6.07 Å². The van der Waals surface area contributed by atoms with Crippen LogP contribution in [0.4, 0.5) is 18.9 Å². The molecule has 176 valence electrons. The summed E-state index contributed by atoms with van der Waals surface area (Å²) >= 11 is 6.14. The van der Waals surface area contributed by atoms with E-state index in [9.17, 15) is 13.2 Å². The Morgan fingerprint density at radius 2 is 1.59 bits per heavy atom. The highest BCUT2D eigenvalue weighted by atomic mass is 32.1. The van der Waals surface area contributed by atoms with Gasteiger partial charge in [-0.25, -0.2) is 0 Å². The zero-order chi connectivity index (χ0) is 23.1. The van der Waals surface area contributed by atoms with E-state index in [4.69, 9.17) is 17.2 Å². The molecule has 2 saturated heterocycles. The van der Waals surface area contributed by atoms with Crippen LogP contribution in [0.25, 0.3) is 0 Å². The normalized spacial score (nSPS) is 26.3. The van der Waals surface area contributed by atoms with Gasteiger partial charge in [0, 0.05) is 11.1 Å². The second-order valence-electron chi connectivity index (χ2n) is 10.5. The molecule has 1 aliphatic carbocycles. The van der Waals surface area contributed by atoms with Crippen LogP contribution in [-0.4, -0.2) is 40.4 Å². The van der Waals surface area contributed by atoms with Crippen molar-refractivity contribution >= 4 is 28.7 Å². The number of amidine groups is 1. The summed E-state index contributed by atoms with van der Waals surface area (Å²) in [5.41, 5.74) is -0.758. The molecule has 3 aliphatic rings. The zero-order valence-corrected chi connectivity index (χ0v) is 20.2. The van der Waals surface area contributed by atoms with E-state index in [1.165, 1.54) is 25.0 Å². The topological polar surface area (TPSA) is 18.8 Å². The third-order valence-electron chi connectivity index (χ3n) is 7.01. The number of benzene rings is 1. The molecule has 0 N–H and O–H groups in total. The Hall–Kier alpha value is -1.47. The summed E-state index contributed by atoms with van der Waals surface area (Å²) in [6.45, 7) is 8.13. The van der Waals surface area contributed by atoms with Gasteiger partial charge < -0.3 is 0 Å². The van der Waals surface area contributed by atoms with E-state index in [2.05, 4.69) is 4.90 Å². The molecule has 7 heteroatoms. The molecule has 0 bridgehead atoms. The van der Waals surface area contributed by atoms with Crippen LogP contribution in [0.5, 0.6) is 0 Å². The lowest BCUT2D eigenvalue weighted by Gasteiger charge is -2.44. The van der Waals surface area contributed by atoms with E-state index in [0.29, 0.717) is 5.69 Å². The van der Waals surface area contributed by atoms with Crippen molar-refractivity contribution in [1.82, 2.24) is 4.90 Å². The number of alkyl halides is 3. The number of anilines is 1. The zero-order valence-electron chi connectivity index (χ0n) is 19.3. The number of aliphatic imine (C=N–C) groups is 1. The summed E-state index contributed by atoms with van der Waals surface area (Å²) in [4.78, 5) is 10.3. The first-order chi connectivity index (χ1) is 15.0. The highest BCUT2D eigenvalue weighted by Crippen LogP contribution is 2.51. The molecule has 1 atom stereocenters. The lowest BCUT2D eigenvalue weighted by Crippen LogP contribution is -2.53. The number of hydrogen-bond donors (Lipinski definition) is 0. The molecule has 1 aromatic rings. The van der Waals surface area contributed by atoms with E-state index in [0.717, 1.165) is 68.5 Å². The van der Waals surface area contributed by atoms with Gasteiger partial charge in [0.15, 0.2) is 0 Å². The Labute approximate surface area is 195 Å². The standard InChI is InChI=1S/C25H34F3N3S/c1-23(2,3)29-21-20(30-15-8-5-9-16-30)24(13-6-4-7-14-24)22(32)31(21)19-12-10-11-18(17-19)25(26,27)28/h10-12,17,20H,4-9,13-16H2,1-3H3. The van der Waals surface area contributed by atoms with E-state index < -0.39 is 11.7 Å². The predicted octanol–water partition coefficient (Wildman–Crippen LogP) is 6.85. The maximum atomic E-state index is 13.5. The third kappa shape index (κ3) is 4.47. The molecule has 1 saturated carbocycles. The van der Waals surface area contributed by atoms with Crippen molar-refractivity contribution in [3.63, 3.8) is 0 Å². The Morgan fingerprint density at radius 1 is 0.969 bits per heavy atom. The van der Waals surface area contributed by atoms with Crippen LogP contribution in [0.1, 0.15) is 77.7 Å². The Bertz CT molecular complexity index is 875. The largest absolute Gasteiger partial charge is 0.416 e. The number of likely N-dealkylation sites (tertiary alicyclic amines) is 1. The first kappa shape index (κ1) is 23.7. The lowest BCUT2D eigenvalue weighted by molar-refractivity contribution is -0.137. The van der Waals surface area contributed by atoms with Crippen molar-refractivity contribution in [3.8, 4) is 0 Å². The van der Waals surface area contributed by atoms with E-state index >= 15 is 0 Å². The smallest absolute Gasteiger partial charge is 0.293 e. The van der Waals surface area contributed by atoms with Crippen LogP contribution in [0.3, 0.4) is 0 Å². The summed E-state index contributed by atoms with van der Waals surface area (Å²) in [5.74, 6) is 0.839. The van der Waals surface area contributed by atoms with Gasteiger partial charge in [0.2, 0.25) is 0 Å². The van der Waals surface area contributed by atoms with Crippen LogP contribution in [0.15, 0.2) is 29.3 Å². The van der Waals surface area contributed by atoms with Gasteiger partial charge >= 0.3 is 6.18 Å². The van der Waals surface area contributed by atoms with Gasteiger partial charge in [-0.15, -0.1) is 0 Å². The Balaban J connectivity index is 1.88. The number of nitrogens with zero attached hydrogens (tertiary/aromatic N) is 3. The van der Waals surface area contributed by atoms with Gasteiger partial charge in [0.05, 0.1) is 22.1 Å². The van der Waals surface area contributed by atoms with Crippen molar-refractivity contribution in [2.75, 3.05) is 18.0 Å². The third-order valence-corrected chi connectivity index (χ3v) is 7.60. The highest BCUT2D eigenvalue weighted by molar-refractivity contribution is 7.80. The molecule has 2 heterocycles. The molecular weight excluding hydrogens is 431 g/mol. The summed E-state index contributed by atoms with van der Waals surface area (Å²) in [7, 11) is 0. The van der Waals surface area contributed by atoms with Crippen LogP contribution in [0, 0.1) is 5.41 Å². The number of rotatable bonds is 2. The summed E-state index contributed by atoms with van der Waals surface area (Å²) in [6, 6.07) is 5.62. The number of piperidine rings is 1. The molecule has 3 fully saturated rings. The summed E-state index contributed by atoms with van der Waals surface area (Å²) < 4.78 is 40.6. The molecule has 0 amide bonds. The molecule has 32 heavy (non-hydrogen) atoms. The molecule has 2 aliphatic heterocycles. The number of thiocarbonyl (C=S) groups is 1. The predicted molar refractivity (Wildman–Crippen MR) is 128 cm³/mol. The van der Waals surface area contributed by atoms with Gasteiger partial charge in [-0.1, -0.05) is 44.0 Å². The second-order valence-corrected chi connectivity index (χ2v) is 10.9. The van der Waals surface area contributed by atoms with Crippen molar-refractivity contribution in [1.29, 1.82) is 0 Å². The van der Waals surface area contributed by atoms with Crippen molar-refractivity contribution in [2.45, 2.75) is 89.9 Å². The first-order valence-corrected chi connectivity index (χ1v) is 12.3. The fourth-order valence-electron chi connectivity index (χ4n) is 5.70. The quantitative estimate of drug-likeness (QED) is 0.445. The van der Waals surface area contributed by atoms with Crippen LogP contribution < -0.4 is 4.90 Å². The van der Waals surface area contributed by atoms with Crippen LogP contribution in [0.2, 0.25) is 0 Å². The molecular formula is C25H34F3N3S. The molecule has 0 radical (unpaired) electrons. The molecule has 0 aromatic heterocycles. The second kappa shape index (κ2) is 8.71. The first-order valence-electron chi connectivity index (χ1n) is 11.9. The summed E-state index contributed by atoms with van der Waals surface area (Å²) in [5, 5.41) is 0. The highest BCUT2D eigenvalue weighted by Gasteiger charge is 2.57. The van der Waals surface area contributed by atoms with Gasteiger partial charge in [-0.05, 0) is 77.7 Å². The molecule has 1 unspecified atom stereocenters. The average molecular weight is 466 g/mol. The molecule has 1 aromatic carbocycles. The van der Waals surface area contributed by atoms with Gasteiger partial charge in [0.25, 0.3) is 0 Å². The molecule has 1 spiro atoms. The summed E-state index contributed by atoms with van der Waals surface area (Å²) in [6.07, 6.45) is 4.46. The lowest BCUT2D eigenvalue weighted by atomic mass is 9.69. The van der Waals surface area contributed by atoms with Gasteiger partial charge in [-0.2, -0.15) is 13.2 Å². The average Bonchev–Trinajstić information content (AvgIpc) is 2.94. The number of halogens is 3. The number of hydrogen-bond acceptors (Lipinski definition) is 3.